The lowest BCUT2D eigenvalue weighted by Gasteiger charge is -2.19. The summed E-state index contributed by atoms with van der Waals surface area (Å²) in [6.07, 6.45) is 1.91. The molecule has 152 valence electrons. The molecule has 0 fully saturated rings. The van der Waals surface area contributed by atoms with Gasteiger partial charge in [0.25, 0.3) is 0 Å². The Bertz CT molecular complexity index is 754. The molecular weight excluding hydrogens is 350 g/mol. The maximum atomic E-state index is 5.48. The molecule has 1 heterocycles. The number of anilines is 1. The zero-order chi connectivity index (χ0) is 20.4. The van der Waals surface area contributed by atoms with Crippen LogP contribution in [-0.4, -0.2) is 37.7 Å². The van der Waals surface area contributed by atoms with Crippen LogP contribution in [0.25, 0.3) is 0 Å². The number of hydrogen-bond acceptors (Lipinski definition) is 4. The third kappa shape index (κ3) is 6.15. The average molecular weight is 384 g/mol. The molecule has 0 bridgehead atoms. The Labute approximate surface area is 169 Å². The molecule has 0 aliphatic rings. The molecule has 2 aromatic rings. The summed E-state index contributed by atoms with van der Waals surface area (Å²) in [5, 5.41) is 6.67. The van der Waals surface area contributed by atoms with E-state index in [0.717, 1.165) is 48.3 Å². The minimum atomic E-state index is 0.575. The summed E-state index contributed by atoms with van der Waals surface area (Å²) in [6, 6.07) is 10.4. The number of rotatable bonds is 9. The Morgan fingerprint density at radius 3 is 2.50 bits per heavy atom. The molecule has 0 aliphatic heterocycles. The number of nitrogens with one attached hydrogen (secondary N) is 2. The smallest absolute Gasteiger partial charge is 0.191 e. The molecule has 0 atom stereocenters. The summed E-state index contributed by atoms with van der Waals surface area (Å²) in [5.41, 5.74) is 3.37. The van der Waals surface area contributed by atoms with Gasteiger partial charge in [0.15, 0.2) is 5.96 Å². The maximum Gasteiger partial charge on any atom is 0.191 e. The van der Waals surface area contributed by atoms with Crippen LogP contribution in [0.1, 0.15) is 37.5 Å². The quantitative estimate of drug-likeness (QED) is 0.513. The lowest BCUT2D eigenvalue weighted by Crippen LogP contribution is -2.36. The first-order chi connectivity index (χ1) is 13.6. The number of pyridine rings is 1. The molecule has 1 aromatic heterocycles. The van der Waals surface area contributed by atoms with Crippen molar-refractivity contribution in [1.82, 2.24) is 15.6 Å². The summed E-state index contributed by atoms with van der Waals surface area (Å²) >= 11 is 0. The second kappa shape index (κ2) is 11.2. The first-order valence-electron chi connectivity index (χ1n) is 9.96. The van der Waals surface area contributed by atoms with E-state index in [1.54, 1.807) is 7.11 Å². The molecule has 2 rings (SSSR count). The van der Waals surface area contributed by atoms with Crippen LogP contribution >= 0.6 is 0 Å². The molecule has 6 heteroatoms. The molecule has 1 aromatic carbocycles. The summed E-state index contributed by atoms with van der Waals surface area (Å²) < 4.78 is 5.48. The van der Waals surface area contributed by atoms with E-state index in [2.05, 4.69) is 77.5 Å². The highest BCUT2D eigenvalue weighted by atomic mass is 16.5. The highest BCUT2D eigenvalue weighted by molar-refractivity contribution is 5.79. The van der Waals surface area contributed by atoms with Crippen LogP contribution in [-0.2, 0) is 13.1 Å². The second-order valence-electron chi connectivity index (χ2n) is 6.56. The molecule has 28 heavy (non-hydrogen) atoms. The molecule has 0 unspecified atom stereocenters. The lowest BCUT2D eigenvalue weighted by molar-refractivity contribution is 0.408. The fourth-order valence-corrected chi connectivity index (χ4v) is 2.93. The van der Waals surface area contributed by atoms with Gasteiger partial charge in [-0.2, -0.15) is 0 Å². The number of aliphatic imine (C=N–C) groups is 1. The average Bonchev–Trinajstić information content (AvgIpc) is 2.72. The summed E-state index contributed by atoms with van der Waals surface area (Å²) in [7, 11) is 1.70. The number of methoxy groups -OCH3 is 1. The van der Waals surface area contributed by atoms with E-state index < -0.39 is 0 Å². The first-order valence-corrected chi connectivity index (χ1v) is 9.96. The highest BCUT2D eigenvalue weighted by Gasteiger charge is 2.06. The van der Waals surface area contributed by atoms with Gasteiger partial charge in [-0.15, -0.1) is 0 Å². The minimum Gasteiger partial charge on any atom is -0.496 e. The lowest BCUT2D eigenvalue weighted by atomic mass is 10.1. The SMILES string of the molecule is CCNC(=NCc1ccc(N(CC)CC)nc1)NCc1ccc(C)cc1OC. The van der Waals surface area contributed by atoms with E-state index in [1.807, 2.05) is 12.3 Å². The molecule has 0 saturated carbocycles. The van der Waals surface area contributed by atoms with Crippen molar-refractivity contribution in [3.63, 3.8) is 0 Å². The van der Waals surface area contributed by atoms with E-state index >= 15 is 0 Å². The number of guanidine groups is 1. The Hall–Kier alpha value is -2.76. The third-order valence-corrected chi connectivity index (χ3v) is 4.55. The van der Waals surface area contributed by atoms with Gasteiger partial charge in [0.05, 0.1) is 13.7 Å². The van der Waals surface area contributed by atoms with E-state index in [0.29, 0.717) is 13.1 Å². The van der Waals surface area contributed by atoms with Gasteiger partial charge in [-0.25, -0.2) is 9.98 Å². The van der Waals surface area contributed by atoms with Gasteiger partial charge in [0.2, 0.25) is 0 Å². The van der Waals surface area contributed by atoms with Gasteiger partial charge in [-0.3, -0.25) is 0 Å². The van der Waals surface area contributed by atoms with Crippen LogP contribution < -0.4 is 20.3 Å². The third-order valence-electron chi connectivity index (χ3n) is 4.55. The fraction of sp³-hybridized carbons (Fsp3) is 0.455. The first kappa shape index (κ1) is 21.5. The van der Waals surface area contributed by atoms with Crippen molar-refractivity contribution in [3.8, 4) is 5.75 Å². The summed E-state index contributed by atoms with van der Waals surface area (Å²) in [4.78, 5) is 11.5. The van der Waals surface area contributed by atoms with Gasteiger partial charge in [-0.05, 0) is 51.0 Å². The van der Waals surface area contributed by atoms with E-state index in [4.69, 9.17) is 4.74 Å². The molecule has 2 N–H and O–H groups in total. The monoisotopic (exact) mass is 383 g/mol. The Balaban J connectivity index is 2.02. The van der Waals surface area contributed by atoms with Gasteiger partial charge in [0, 0.05) is 37.9 Å². The number of benzene rings is 1. The van der Waals surface area contributed by atoms with Crippen LogP contribution in [0, 0.1) is 6.92 Å². The molecule has 0 radical (unpaired) electrons. The van der Waals surface area contributed by atoms with Gasteiger partial charge >= 0.3 is 0 Å². The van der Waals surface area contributed by atoms with Crippen molar-refractivity contribution in [3.05, 3.63) is 53.2 Å². The van der Waals surface area contributed by atoms with Crippen molar-refractivity contribution in [2.45, 2.75) is 40.8 Å². The van der Waals surface area contributed by atoms with Crippen LogP contribution in [0.3, 0.4) is 0 Å². The highest BCUT2D eigenvalue weighted by Crippen LogP contribution is 2.19. The second-order valence-corrected chi connectivity index (χ2v) is 6.56. The summed E-state index contributed by atoms with van der Waals surface area (Å²) in [6.45, 7) is 12.3. The molecular formula is C22H33N5O. The molecule has 6 nitrogen and oxygen atoms in total. The van der Waals surface area contributed by atoms with Crippen molar-refractivity contribution < 1.29 is 4.74 Å². The van der Waals surface area contributed by atoms with Crippen molar-refractivity contribution in [1.29, 1.82) is 0 Å². The van der Waals surface area contributed by atoms with Crippen molar-refractivity contribution >= 4 is 11.8 Å². The van der Waals surface area contributed by atoms with Crippen molar-refractivity contribution in [2.24, 2.45) is 4.99 Å². The standard InChI is InChI=1S/C22H33N5O/c1-6-23-22(26-16-19-11-9-17(4)13-20(19)28-5)25-15-18-10-12-21(24-14-18)27(7-2)8-3/h9-14H,6-8,15-16H2,1-5H3,(H2,23,25,26). The van der Waals surface area contributed by atoms with Crippen LogP contribution in [0.5, 0.6) is 5.75 Å². The Morgan fingerprint density at radius 2 is 1.89 bits per heavy atom. The van der Waals surface area contributed by atoms with E-state index in [-0.39, 0.29) is 0 Å². The van der Waals surface area contributed by atoms with E-state index in [1.165, 1.54) is 5.56 Å². The number of ether oxygens (including phenoxy) is 1. The van der Waals surface area contributed by atoms with Crippen LogP contribution in [0.15, 0.2) is 41.5 Å². The predicted molar refractivity (Wildman–Crippen MR) is 117 cm³/mol. The number of nitrogens with zero attached hydrogens (tertiary/aromatic N) is 3. The fourth-order valence-electron chi connectivity index (χ4n) is 2.93. The Morgan fingerprint density at radius 1 is 1.11 bits per heavy atom. The van der Waals surface area contributed by atoms with E-state index in [9.17, 15) is 0 Å². The van der Waals surface area contributed by atoms with Crippen LogP contribution in [0.2, 0.25) is 0 Å². The topological polar surface area (TPSA) is 61.8 Å². The summed E-state index contributed by atoms with van der Waals surface area (Å²) in [5.74, 6) is 2.67. The zero-order valence-electron chi connectivity index (χ0n) is 17.7. The molecule has 0 aliphatic carbocycles. The minimum absolute atomic E-state index is 0.575. The molecule has 0 saturated heterocycles. The zero-order valence-corrected chi connectivity index (χ0v) is 17.7. The normalized spacial score (nSPS) is 11.2. The molecule has 0 spiro atoms. The Kier molecular flexibility index (Phi) is 8.59. The van der Waals surface area contributed by atoms with Gasteiger partial charge < -0.3 is 20.3 Å². The maximum absolute atomic E-state index is 5.48. The largest absolute Gasteiger partial charge is 0.496 e. The van der Waals surface area contributed by atoms with Gasteiger partial charge in [-0.1, -0.05) is 18.2 Å². The molecule has 0 amide bonds. The number of aromatic nitrogens is 1. The number of aryl methyl sites for hydroxylation is 1. The van der Waals surface area contributed by atoms with Gasteiger partial charge in [0.1, 0.15) is 11.6 Å². The predicted octanol–water partition coefficient (Wildman–Crippen LogP) is 3.50. The van der Waals surface area contributed by atoms with Crippen molar-refractivity contribution in [2.75, 3.05) is 31.6 Å². The number of hydrogen-bond donors (Lipinski definition) is 2. The van der Waals surface area contributed by atoms with Crippen LogP contribution in [0.4, 0.5) is 5.82 Å².